The van der Waals surface area contributed by atoms with E-state index in [-0.39, 0.29) is 11.6 Å². The fraction of sp³-hybridized carbons (Fsp3) is 0.222. The quantitative estimate of drug-likeness (QED) is 0.678. The van der Waals surface area contributed by atoms with Gasteiger partial charge in [-0.05, 0) is 47.5 Å². The Kier molecular flexibility index (Phi) is 2.62. The van der Waals surface area contributed by atoms with Crippen molar-refractivity contribution in [1.29, 1.82) is 0 Å². The maximum Gasteiger partial charge on any atom is 0.161 e. The van der Waals surface area contributed by atoms with E-state index < -0.39 is 0 Å². The molecule has 1 nitrogen and oxygen atoms in total. The van der Waals surface area contributed by atoms with Gasteiger partial charge >= 0.3 is 0 Å². The van der Waals surface area contributed by atoms with Gasteiger partial charge < -0.3 is 0 Å². The summed E-state index contributed by atoms with van der Waals surface area (Å²) < 4.78 is 13.3. The molecule has 0 aromatic heterocycles. The molecule has 0 heterocycles. The number of hydrogen-bond donors (Lipinski definition) is 0. The lowest BCUT2D eigenvalue weighted by Gasteiger charge is -2.04. The molecule has 0 aliphatic carbocycles. The third-order valence-corrected chi connectivity index (χ3v) is 2.23. The fourth-order valence-electron chi connectivity index (χ4n) is 1.15. The second kappa shape index (κ2) is 3.35. The van der Waals surface area contributed by atoms with Crippen LogP contribution in [-0.4, -0.2) is 5.78 Å². The first-order chi connectivity index (χ1) is 5.52. The van der Waals surface area contributed by atoms with Gasteiger partial charge in [0, 0.05) is 10.0 Å². The summed E-state index contributed by atoms with van der Waals surface area (Å²) in [7, 11) is 0. The van der Waals surface area contributed by atoms with Gasteiger partial charge in [-0.1, -0.05) is 0 Å². The first-order valence-electron chi connectivity index (χ1n) is 3.49. The van der Waals surface area contributed by atoms with Gasteiger partial charge in [-0.2, -0.15) is 0 Å². The molecule has 0 amide bonds. The van der Waals surface area contributed by atoms with Crippen LogP contribution in [-0.2, 0) is 0 Å². The molecule has 0 atom stereocenters. The van der Waals surface area contributed by atoms with E-state index in [1.54, 1.807) is 6.92 Å². The third kappa shape index (κ3) is 1.72. The van der Waals surface area contributed by atoms with Crippen molar-refractivity contribution in [2.75, 3.05) is 0 Å². The molecule has 0 saturated heterocycles. The van der Waals surface area contributed by atoms with E-state index >= 15 is 0 Å². The summed E-state index contributed by atoms with van der Waals surface area (Å²) in [6.07, 6.45) is 0. The summed E-state index contributed by atoms with van der Waals surface area (Å²) in [5, 5.41) is 0. The van der Waals surface area contributed by atoms with Crippen LogP contribution < -0.4 is 0 Å². The minimum absolute atomic E-state index is 0.0561. The number of aryl methyl sites for hydroxylation is 1. The maximum atomic E-state index is 12.7. The van der Waals surface area contributed by atoms with Crippen LogP contribution in [0.15, 0.2) is 16.6 Å². The summed E-state index contributed by atoms with van der Waals surface area (Å²) in [6, 6.07) is 2.64. The van der Waals surface area contributed by atoms with Crippen molar-refractivity contribution in [3.63, 3.8) is 0 Å². The van der Waals surface area contributed by atoms with E-state index in [9.17, 15) is 9.18 Å². The third-order valence-electron chi connectivity index (χ3n) is 1.60. The van der Waals surface area contributed by atoms with Gasteiger partial charge in [0.2, 0.25) is 0 Å². The normalized spacial score (nSPS) is 10.0. The SMILES string of the molecule is CC(=O)c1c(C)cc(F)cc1Br. The van der Waals surface area contributed by atoms with Crippen molar-refractivity contribution in [2.45, 2.75) is 13.8 Å². The average Bonchev–Trinajstić information content (AvgIpc) is 1.82. The molecule has 64 valence electrons. The molecular weight excluding hydrogens is 223 g/mol. The second-order valence-corrected chi connectivity index (χ2v) is 3.49. The van der Waals surface area contributed by atoms with E-state index in [2.05, 4.69) is 15.9 Å². The number of carbonyl (C=O) groups excluding carboxylic acids is 1. The molecule has 1 aromatic carbocycles. The summed E-state index contributed by atoms with van der Waals surface area (Å²) >= 11 is 3.14. The zero-order valence-electron chi connectivity index (χ0n) is 6.82. The summed E-state index contributed by atoms with van der Waals surface area (Å²) in [6.45, 7) is 3.18. The van der Waals surface area contributed by atoms with Crippen LogP contribution in [0.2, 0.25) is 0 Å². The Balaban J connectivity index is 3.38. The number of Topliss-reactive ketones (excluding diaryl/α,β-unsaturated/α-hetero) is 1. The number of halogens is 2. The van der Waals surface area contributed by atoms with Gasteiger partial charge in [-0.25, -0.2) is 4.39 Å². The highest BCUT2D eigenvalue weighted by molar-refractivity contribution is 9.10. The van der Waals surface area contributed by atoms with Gasteiger partial charge in [0.05, 0.1) is 0 Å². The zero-order chi connectivity index (χ0) is 9.30. The van der Waals surface area contributed by atoms with Crippen molar-refractivity contribution >= 4 is 21.7 Å². The molecule has 0 unspecified atom stereocenters. The molecule has 0 aliphatic rings. The van der Waals surface area contributed by atoms with Crippen LogP contribution >= 0.6 is 15.9 Å². The number of hydrogen-bond acceptors (Lipinski definition) is 1. The smallest absolute Gasteiger partial charge is 0.161 e. The number of rotatable bonds is 1. The van der Waals surface area contributed by atoms with Crippen molar-refractivity contribution in [3.8, 4) is 0 Å². The van der Waals surface area contributed by atoms with Crippen LogP contribution in [0.25, 0.3) is 0 Å². The van der Waals surface area contributed by atoms with E-state index in [0.29, 0.717) is 15.6 Å². The molecule has 0 saturated carbocycles. The molecule has 3 heteroatoms. The number of benzene rings is 1. The highest BCUT2D eigenvalue weighted by Gasteiger charge is 2.09. The highest BCUT2D eigenvalue weighted by atomic mass is 79.9. The summed E-state index contributed by atoms with van der Waals surface area (Å²) in [4.78, 5) is 11.0. The monoisotopic (exact) mass is 230 g/mol. The zero-order valence-corrected chi connectivity index (χ0v) is 8.40. The van der Waals surface area contributed by atoms with Gasteiger partial charge in [0.25, 0.3) is 0 Å². The van der Waals surface area contributed by atoms with Crippen molar-refractivity contribution < 1.29 is 9.18 Å². The average molecular weight is 231 g/mol. The van der Waals surface area contributed by atoms with Crippen LogP contribution in [0, 0.1) is 12.7 Å². The minimum atomic E-state index is -0.329. The predicted molar refractivity (Wildman–Crippen MR) is 48.8 cm³/mol. The maximum absolute atomic E-state index is 12.7. The standard InChI is InChI=1S/C9H8BrFO/c1-5-3-7(11)4-8(10)9(5)6(2)12/h3-4H,1-2H3. The molecule has 0 N–H and O–H groups in total. The number of carbonyl (C=O) groups is 1. The lowest BCUT2D eigenvalue weighted by molar-refractivity contribution is 0.101. The van der Waals surface area contributed by atoms with E-state index in [1.807, 2.05) is 0 Å². The molecule has 0 fully saturated rings. The Bertz CT molecular complexity index is 310. The first kappa shape index (κ1) is 9.39. The van der Waals surface area contributed by atoms with Gasteiger partial charge in [0.15, 0.2) is 5.78 Å². The van der Waals surface area contributed by atoms with Crippen molar-refractivity contribution in [3.05, 3.63) is 33.5 Å². The first-order valence-corrected chi connectivity index (χ1v) is 4.28. The van der Waals surface area contributed by atoms with Gasteiger partial charge in [-0.3, -0.25) is 4.79 Å². The molecule has 0 aliphatic heterocycles. The molecule has 1 rings (SSSR count). The summed E-state index contributed by atoms with van der Waals surface area (Å²) in [5.74, 6) is -0.385. The van der Waals surface area contributed by atoms with Gasteiger partial charge in [-0.15, -0.1) is 0 Å². The van der Waals surface area contributed by atoms with Crippen LogP contribution in [0.3, 0.4) is 0 Å². The van der Waals surface area contributed by atoms with Crippen molar-refractivity contribution in [1.82, 2.24) is 0 Å². The Morgan fingerprint density at radius 1 is 1.50 bits per heavy atom. The van der Waals surface area contributed by atoms with Gasteiger partial charge in [0.1, 0.15) is 5.82 Å². The molecule has 0 radical (unpaired) electrons. The van der Waals surface area contributed by atoms with E-state index in [1.165, 1.54) is 19.1 Å². The molecule has 0 spiro atoms. The lowest BCUT2D eigenvalue weighted by atomic mass is 10.1. The lowest BCUT2D eigenvalue weighted by Crippen LogP contribution is -1.98. The Morgan fingerprint density at radius 3 is 2.50 bits per heavy atom. The number of ketones is 1. The topological polar surface area (TPSA) is 17.1 Å². The highest BCUT2D eigenvalue weighted by Crippen LogP contribution is 2.22. The summed E-state index contributed by atoms with van der Waals surface area (Å²) in [5.41, 5.74) is 1.21. The van der Waals surface area contributed by atoms with Crippen LogP contribution in [0.1, 0.15) is 22.8 Å². The van der Waals surface area contributed by atoms with Crippen LogP contribution in [0.5, 0.6) is 0 Å². The fourth-order valence-corrected chi connectivity index (χ4v) is 1.96. The molecule has 0 bridgehead atoms. The van der Waals surface area contributed by atoms with E-state index in [0.717, 1.165) is 0 Å². The second-order valence-electron chi connectivity index (χ2n) is 2.64. The van der Waals surface area contributed by atoms with Crippen molar-refractivity contribution in [2.24, 2.45) is 0 Å². The Labute approximate surface area is 78.7 Å². The predicted octanol–water partition coefficient (Wildman–Crippen LogP) is 3.10. The molecule has 1 aromatic rings. The molecule has 12 heavy (non-hydrogen) atoms. The molecular formula is C9H8BrFO. The Hall–Kier alpha value is -0.700. The van der Waals surface area contributed by atoms with Crippen LogP contribution in [0.4, 0.5) is 4.39 Å². The largest absolute Gasteiger partial charge is 0.294 e. The minimum Gasteiger partial charge on any atom is -0.294 e. The van der Waals surface area contributed by atoms with E-state index in [4.69, 9.17) is 0 Å². The Morgan fingerprint density at radius 2 is 2.08 bits per heavy atom.